The summed E-state index contributed by atoms with van der Waals surface area (Å²) in [6.07, 6.45) is 0. The number of para-hydroxylation sites is 1. The maximum atomic E-state index is 11.9. The Hall–Kier alpha value is -1.02. The van der Waals surface area contributed by atoms with Gasteiger partial charge in [0.05, 0.1) is 10.7 Å². The van der Waals surface area contributed by atoms with Crippen molar-refractivity contribution in [1.82, 2.24) is 0 Å². The van der Waals surface area contributed by atoms with Crippen molar-refractivity contribution >= 4 is 23.2 Å². The Morgan fingerprint density at radius 2 is 2.13 bits per heavy atom. The molecular weight excluding hydrogens is 210 g/mol. The van der Waals surface area contributed by atoms with E-state index in [0.29, 0.717) is 0 Å². The van der Waals surface area contributed by atoms with Gasteiger partial charge < -0.3 is 5.32 Å². The van der Waals surface area contributed by atoms with Gasteiger partial charge in [-0.3, -0.25) is 4.79 Å². The second kappa shape index (κ2) is 4.23. The summed E-state index contributed by atoms with van der Waals surface area (Å²) in [5, 5.41) is 2.82. The van der Waals surface area contributed by atoms with Gasteiger partial charge in [0.2, 0.25) is 5.91 Å². The minimum atomic E-state index is -2.31. The van der Waals surface area contributed by atoms with E-state index in [4.69, 9.17) is 15.7 Å². The molecule has 0 aromatic heterocycles. The third kappa shape index (κ3) is 2.96. The molecule has 0 unspecified atom stereocenters. The van der Waals surface area contributed by atoms with Crippen molar-refractivity contribution in [3.05, 3.63) is 28.8 Å². The van der Waals surface area contributed by atoms with Gasteiger partial charge in [-0.2, -0.15) is 0 Å². The second-order valence-corrected chi connectivity index (χ2v) is 4.77. The largest absolute Gasteiger partial charge is 0.324 e. The normalized spacial score (nSPS) is 15.1. The van der Waals surface area contributed by atoms with Crippen LogP contribution >= 0.6 is 11.6 Å². The number of halogens is 1. The van der Waals surface area contributed by atoms with Gasteiger partial charge in [-0.15, -0.1) is 0 Å². The maximum absolute atomic E-state index is 11.9. The first-order valence-electron chi connectivity index (χ1n) is 6.14. The number of benzene rings is 1. The van der Waals surface area contributed by atoms with Gasteiger partial charge in [-0.25, -0.2) is 0 Å². The third-order valence-electron chi connectivity index (χ3n) is 1.93. The van der Waals surface area contributed by atoms with E-state index in [1.165, 1.54) is 6.07 Å². The second-order valence-electron chi connectivity index (χ2n) is 4.37. The highest BCUT2D eigenvalue weighted by atomic mass is 35.5. The molecule has 2 nitrogen and oxygen atoms in total. The van der Waals surface area contributed by atoms with Gasteiger partial charge in [0.25, 0.3) is 0 Å². The third-order valence-corrected chi connectivity index (χ3v) is 2.25. The van der Waals surface area contributed by atoms with E-state index >= 15 is 0 Å². The van der Waals surface area contributed by atoms with E-state index in [9.17, 15) is 4.79 Å². The van der Waals surface area contributed by atoms with E-state index in [-0.39, 0.29) is 22.2 Å². The van der Waals surface area contributed by atoms with Gasteiger partial charge in [-0.05, 0) is 18.5 Å². The molecule has 82 valence electrons. The Balaban J connectivity index is 3.20. The predicted molar refractivity (Wildman–Crippen MR) is 64.3 cm³/mol. The van der Waals surface area contributed by atoms with Crippen LogP contribution in [-0.4, -0.2) is 5.91 Å². The number of nitrogens with one attached hydrogen (secondary N) is 1. The highest BCUT2D eigenvalue weighted by Gasteiger charge is 2.22. The van der Waals surface area contributed by atoms with Crippen molar-refractivity contribution in [2.45, 2.75) is 27.6 Å². The van der Waals surface area contributed by atoms with Crippen LogP contribution in [0.15, 0.2) is 18.2 Å². The molecule has 15 heavy (non-hydrogen) atoms. The van der Waals surface area contributed by atoms with Crippen molar-refractivity contribution in [3.63, 3.8) is 0 Å². The average molecular weight is 229 g/mol. The monoisotopic (exact) mass is 228 g/mol. The number of amides is 1. The number of rotatable bonds is 1. The molecule has 0 saturated carbocycles. The molecule has 0 aliphatic rings. The van der Waals surface area contributed by atoms with Gasteiger partial charge in [-0.1, -0.05) is 44.5 Å². The Morgan fingerprint density at radius 3 is 2.67 bits per heavy atom. The zero-order chi connectivity index (χ0) is 14.1. The average Bonchev–Trinajstić information content (AvgIpc) is 2.17. The first-order valence-corrected chi connectivity index (χ1v) is 5.02. The first kappa shape index (κ1) is 8.17. The Bertz CT molecular complexity index is 463. The fourth-order valence-electron chi connectivity index (χ4n) is 0.952. The van der Waals surface area contributed by atoms with E-state index in [1.54, 1.807) is 32.9 Å². The summed E-state index contributed by atoms with van der Waals surface area (Å²) in [6, 6.07) is 4.54. The summed E-state index contributed by atoms with van der Waals surface area (Å²) in [6.45, 7) is 2.92. The summed E-state index contributed by atoms with van der Waals surface area (Å²) in [4.78, 5) is 11.9. The molecule has 1 aromatic rings. The van der Waals surface area contributed by atoms with Crippen molar-refractivity contribution in [2.24, 2.45) is 5.41 Å². The topological polar surface area (TPSA) is 29.1 Å². The van der Waals surface area contributed by atoms with Crippen LogP contribution in [0.2, 0.25) is 5.02 Å². The van der Waals surface area contributed by atoms with E-state index in [0.717, 1.165) is 0 Å². The molecule has 1 aromatic carbocycles. The summed E-state index contributed by atoms with van der Waals surface area (Å²) in [5.41, 5.74) is -0.405. The van der Waals surface area contributed by atoms with Gasteiger partial charge >= 0.3 is 0 Å². The van der Waals surface area contributed by atoms with Crippen LogP contribution < -0.4 is 5.32 Å². The van der Waals surface area contributed by atoms with Crippen LogP contribution in [0.25, 0.3) is 0 Å². The van der Waals surface area contributed by atoms with Crippen LogP contribution in [0.1, 0.15) is 30.4 Å². The molecule has 0 aliphatic carbocycles. The summed E-state index contributed by atoms with van der Waals surface area (Å²) >= 11 is 5.96. The fraction of sp³-hybridized carbons (Fsp3) is 0.417. The molecule has 0 atom stereocenters. The number of carbonyl (C=O) groups excluding carboxylic acids is 1. The Labute approximate surface area is 99.9 Å². The lowest BCUT2D eigenvalue weighted by Gasteiger charge is -2.19. The van der Waals surface area contributed by atoms with Crippen molar-refractivity contribution in [1.29, 1.82) is 0 Å². The number of carbonyl (C=O) groups is 1. The number of anilines is 1. The quantitative estimate of drug-likeness (QED) is 0.782. The minimum absolute atomic E-state index is 0.0487. The number of aryl methyl sites for hydroxylation is 1. The van der Waals surface area contributed by atoms with Crippen LogP contribution in [-0.2, 0) is 4.79 Å². The van der Waals surface area contributed by atoms with Crippen LogP contribution in [0.5, 0.6) is 0 Å². The number of hydrogen-bond donors (Lipinski definition) is 1. The lowest BCUT2D eigenvalue weighted by Crippen LogP contribution is -2.28. The molecule has 1 N–H and O–H groups in total. The van der Waals surface area contributed by atoms with Gasteiger partial charge in [0, 0.05) is 9.53 Å². The molecular formula is C12H16ClNO. The summed E-state index contributed by atoms with van der Waals surface area (Å²) < 4.78 is 22.3. The predicted octanol–water partition coefficient (Wildman–Crippen LogP) is 3.63. The van der Waals surface area contributed by atoms with Crippen LogP contribution in [0.4, 0.5) is 5.69 Å². The molecule has 0 aliphatic heterocycles. The lowest BCUT2D eigenvalue weighted by atomic mass is 9.95. The molecule has 3 heteroatoms. The van der Waals surface area contributed by atoms with Crippen molar-refractivity contribution < 1.29 is 8.91 Å². The molecule has 0 bridgehead atoms. The Morgan fingerprint density at radius 1 is 1.47 bits per heavy atom. The molecule has 0 fully saturated rings. The van der Waals surface area contributed by atoms with E-state index in [2.05, 4.69) is 5.32 Å². The molecule has 0 saturated heterocycles. The first-order chi connectivity index (χ1) is 8.03. The highest BCUT2D eigenvalue weighted by Crippen LogP contribution is 2.27. The minimum Gasteiger partial charge on any atom is -0.324 e. The molecule has 0 heterocycles. The highest BCUT2D eigenvalue weighted by molar-refractivity contribution is 6.34. The van der Waals surface area contributed by atoms with E-state index < -0.39 is 12.3 Å². The summed E-state index contributed by atoms with van der Waals surface area (Å²) in [5.74, 6) is -0.277. The van der Waals surface area contributed by atoms with Crippen molar-refractivity contribution in [2.75, 3.05) is 5.32 Å². The number of hydrogen-bond acceptors (Lipinski definition) is 1. The van der Waals surface area contributed by atoms with Gasteiger partial charge in [0.1, 0.15) is 0 Å². The standard InChI is InChI=1S/C12H16ClNO/c1-8-6-5-7-9(13)10(8)14-11(15)12(2,3)4/h5-7H,1-4H3,(H,14,15)/i1D3. The lowest BCUT2D eigenvalue weighted by molar-refractivity contribution is -0.123. The molecule has 0 radical (unpaired) electrons. The van der Waals surface area contributed by atoms with Crippen LogP contribution in [0, 0.1) is 12.3 Å². The Kier molecular flexibility index (Phi) is 2.30. The molecule has 0 spiro atoms. The zero-order valence-corrected chi connectivity index (χ0v) is 9.77. The van der Waals surface area contributed by atoms with Gasteiger partial charge in [0.15, 0.2) is 0 Å². The SMILES string of the molecule is [2H]C([2H])([2H])c1cccc(Cl)c1NC(=O)C(C)(C)C. The fourth-order valence-corrected chi connectivity index (χ4v) is 1.17. The zero-order valence-electron chi connectivity index (χ0n) is 12.0. The maximum Gasteiger partial charge on any atom is 0.229 e. The molecule has 1 rings (SSSR count). The van der Waals surface area contributed by atoms with Crippen molar-refractivity contribution in [3.8, 4) is 0 Å². The summed E-state index contributed by atoms with van der Waals surface area (Å²) in [7, 11) is 0. The molecule has 1 amide bonds. The van der Waals surface area contributed by atoms with Crippen LogP contribution in [0.3, 0.4) is 0 Å². The smallest absolute Gasteiger partial charge is 0.229 e. The van der Waals surface area contributed by atoms with E-state index in [1.807, 2.05) is 0 Å².